The van der Waals surface area contributed by atoms with Gasteiger partial charge in [0.05, 0.1) is 41.4 Å². The number of aliphatic hydroxyl groups is 1. The van der Waals surface area contributed by atoms with Crippen LogP contribution in [-0.4, -0.2) is 43.6 Å². The van der Waals surface area contributed by atoms with E-state index in [1.807, 2.05) is 42.5 Å². The minimum Gasteiger partial charge on any atom is -0.491 e. The number of benzene rings is 2. The summed E-state index contributed by atoms with van der Waals surface area (Å²) in [6, 6.07) is 14.5. The summed E-state index contributed by atoms with van der Waals surface area (Å²) in [7, 11) is 0. The van der Waals surface area contributed by atoms with Gasteiger partial charge >= 0.3 is 6.03 Å². The molecule has 0 saturated carbocycles. The van der Waals surface area contributed by atoms with E-state index in [2.05, 4.69) is 25.7 Å². The van der Waals surface area contributed by atoms with Crippen molar-refractivity contribution in [3.8, 4) is 11.6 Å². The zero-order chi connectivity index (χ0) is 21.6. The van der Waals surface area contributed by atoms with Gasteiger partial charge in [-0.25, -0.2) is 14.5 Å². The zero-order valence-electron chi connectivity index (χ0n) is 16.9. The van der Waals surface area contributed by atoms with Gasteiger partial charge in [-0.05, 0) is 25.1 Å². The fourth-order valence-electron chi connectivity index (χ4n) is 2.92. The minimum absolute atomic E-state index is 0.181. The first-order valence-electron chi connectivity index (χ1n) is 9.79. The Balaban J connectivity index is 1.37. The number of carbonyl (C=O) groups is 1. The Morgan fingerprint density at radius 1 is 1.13 bits per heavy atom. The summed E-state index contributed by atoms with van der Waals surface area (Å²) < 4.78 is 7.13. The molecule has 0 aliphatic carbocycles. The SMILES string of the molecule is CC(O)COc1ccccc1CNC(=O)Nc1cnn(-c2cnc3ccccc3n2)c1. The number of amides is 2. The molecule has 0 aliphatic rings. The van der Waals surface area contributed by atoms with E-state index in [0.29, 0.717) is 17.3 Å². The number of hydrogen-bond donors (Lipinski definition) is 3. The molecular formula is C22H22N6O3. The van der Waals surface area contributed by atoms with Gasteiger partial charge in [0.1, 0.15) is 12.4 Å². The van der Waals surface area contributed by atoms with E-state index >= 15 is 0 Å². The number of carbonyl (C=O) groups excluding carboxylic acids is 1. The number of nitrogens with zero attached hydrogens (tertiary/aromatic N) is 4. The van der Waals surface area contributed by atoms with Crippen LogP contribution in [0.5, 0.6) is 5.75 Å². The molecule has 0 aliphatic heterocycles. The van der Waals surface area contributed by atoms with Gasteiger partial charge in [0.2, 0.25) is 0 Å². The van der Waals surface area contributed by atoms with Crippen LogP contribution in [0.3, 0.4) is 0 Å². The van der Waals surface area contributed by atoms with Crippen LogP contribution in [0.25, 0.3) is 16.9 Å². The highest BCUT2D eigenvalue weighted by Crippen LogP contribution is 2.18. The van der Waals surface area contributed by atoms with Crippen molar-refractivity contribution < 1.29 is 14.6 Å². The first-order chi connectivity index (χ1) is 15.1. The molecule has 9 nitrogen and oxygen atoms in total. The maximum absolute atomic E-state index is 12.3. The first-order valence-corrected chi connectivity index (χ1v) is 9.79. The standard InChI is InChI=1S/C22H22N6O3/c1-15(29)14-31-20-9-5-2-6-16(20)10-24-22(30)26-17-11-25-28(13-17)21-12-23-18-7-3-4-8-19(18)27-21/h2-9,11-13,15,29H,10,14H2,1H3,(H2,24,26,30). The maximum Gasteiger partial charge on any atom is 0.319 e. The molecule has 1 unspecified atom stereocenters. The lowest BCUT2D eigenvalue weighted by molar-refractivity contribution is 0.122. The number of rotatable bonds is 7. The highest BCUT2D eigenvalue weighted by Gasteiger charge is 2.09. The van der Waals surface area contributed by atoms with Crippen LogP contribution in [0.15, 0.2) is 67.1 Å². The molecule has 0 saturated heterocycles. The zero-order valence-corrected chi connectivity index (χ0v) is 16.9. The van der Waals surface area contributed by atoms with Crippen LogP contribution < -0.4 is 15.4 Å². The number of fused-ring (bicyclic) bond motifs is 1. The predicted molar refractivity (Wildman–Crippen MR) is 116 cm³/mol. The second kappa shape index (κ2) is 9.23. The molecule has 31 heavy (non-hydrogen) atoms. The third-order valence-electron chi connectivity index (χ3n) is 4.40. The monoisotopic (exact) mass is 418 g/mol. The number of hydrogen-bond acceptors (Lipinski definition) is 6. The average molecular weight is 418 g/mol. The molecule has 4 rings (SSSR count). The van der Waals surface area contributed by atoms with E-state index in [9.17, 15) is 9.90 Å². The molecule has 0 fully saturated rings. The fraction of sp³-hybridized carbons (Fsp3) is 0.182. The fourth-order valence-corrected chi connectivity index (χ4v) is 2.92. The van der Waals surface area contributed by atoms with Gasteiger partial charge in [-0.3, -0.25) is 4.98 Å². The van der Waals surface area contributed by atoms with E-state index in [4.69, 9.17) is 4.74 Å². The Morgan fingerprint density at radius 2 is 1.90 bits per heavy atom. The van der Waals surface area contributed by atoms with E-state index in [-0.39, 0.29) is 19.2 Å². The van der Waals surface area contributed by atoms with Crippen molar-refractivity contribution in [2.45, 2.75) is 19.6 Å². The highest BCUT2D eigenvalue weighted by molar-refractivity contribution is 5.89. The van der Waals surface area contributed by atoms with Gasteiger partial charge in [-0.15, -0.1) is 0 Å². The van der Waals surface area contributed by atoms with Crippen molar-refractivity contribution in [2.75, 3.05) is 11.9 Å². The summed E-state index contributed by atoms with van der Waals surface area (Å²) in [6.07, 6.45) is 4.26. The molecule has 1 atom stereocenters. The molecule has 4 aromatic rings. The third-order valence-corrected chi connectivity index (χ3v) is 4.40. The second-order valence-electron chi connectivity index (χ2n) is 6.97. The lowest BCUT2D eigenvalue weighted by Gasteiger charge is -2.13. The smallest absolute Gasteiger partial charge is 0.319 e. The van der Waals surface area contributed by atoms with E-state index in [1.165, 1.54) is 6.20 Å². The Morgan fingerprint density at radius 3 is 2.74 bits per heavy atom. The molecule has 3 N–H and O–H groups in total. The van der Waals surface area contributed by atoms with Crippen molar-refractivity contribution >= 4 is 22.8 Å². The predicted octanol–water partition coefficient (Wildman–Crippen LogP) is 2.90. The lowest BCUT2D eigenvalue weighted by atomic mass is 10.2. The van der Waals surface area contributed by atoms with Crippen molar-refractivity contribution in [3.05, 3.63) is 72.7 Å². The number of aromatic nitrogens is 4. The number of urea groups is 1. The van der Waals surface area contributed by atoms with Crippen LogP contribution in [0.4, 0.5) is 10.5 Å². The number of ether oxygens (including phenoxy) is 1. The molecule has 2 amide bonds. The summed E-state index contributed by atoms with van der Waals surface area (Å²) >= 11 is 0. The molecular weight excluding hydrogens is 396 g/mol. The number of nitrogens with one attached hydrogen (secondary N) is 2. The number of para-hydroxylation sites is 3. The minimum atomic E-state index is -0.576. The summed E-state index contributed by atoms with van der Waals surface area (Å²) in [5.41, 5.74) is 2.89. The molecule has 0 bridgehead atoms. The number of aliphatic hydroxyl groups excluding tert-OH is 1. The first kappa shape index (κ1) is 20.3. The molecule has 2 aromatic heterocycles. The van der Waals surface area contributed by atoms with Gasteiger partial charge in [-0.1, -0.05) is 30.3 Å². The lowest BCUT2D eigenvalue weighted by Crippen LogP contribution is -2.28. The largest absolute Gasteiger partial charge is 0.491 e. The molecule has 2 aromatic carbocycles. The van der Waals surface area contributed by atoms with E-state index in [0.717, 1.165) is 16.6 Å². The van der Waals surface area contributed by atoms with Crippen molar-refractivity contribution in [3.63, 3.8) is 0 Å². The van der Waals surface area contributed by atoms with Gasteiger partial charge in [0.25, 0.3) is 0 Å². The molecule has 9 heteroatoms. The summed E-state index contributed by atoms with van der Waals surface area (Å²) in [5.74, 6) is 1.17. The van der Waals surface area contributed by atoms with Crippen molar-refractivity contribution in [1.29, 1.82) is 0 Å². The van der Waals surface area contributed by atoms with Gasteiger partial charge < -0.3 is 20.5 Å². The molecule has 0 spiro atoms. The molecule has 2 heterocycles. The Labute approximate surface area is 178 Å². The van der Waals surface area contributed by atoms with Crippen LogP contribution in [-0.2, 0) is 6.54 Å². The average Bonchev–Trinajstić information content (AvgIpc) is 3.25. The topological polar surface area (TPSA) is 114 Å². The van der Waals surface area contributed by atoms with Crippen LogP contribution in [0, 0.1) is 0 Å². The Hall–Kier alpha value is -3.98. The quantitative estimate of drug-likeness (QED) is 0.425. The number of anilines is 1. The van der Waals surface area contributed by atoms with E-state index < -0.39 is 6.10 Å². The normalized spacial score (nSPS) is 11.8. The highest BCUT2D eigenvalue weighted by atomic mass is 16.5. The third kappa shape index (κ3) is 5.14. The van der Waals surface area contributed by atoms with Gasteiger partial charge in [0.15, 0.2) is 5.82 Å². The van der Waals surface area contributed by atoms with Gasteiger partial charge in [-0.2, -0.15) is 5.10 Å². The molecule has 158 valence electrons. The van der Waals surface area contributed by atoms with Gasteiger partial charge in [0, 0.05) is 12.1 Å². The van der Waals surface area contributed by atoms with Crippen molar-refractivity contribution in [1.82, 2.24) is 25.1 Å². The second-order valence-corrected chi connectivity index (χ2v) is 6.97. The van der Waals surface area contributed by atoms with Crippen LogP contribution >= 0.6 is 0 Å². The van der Waals surface area contributed by atoms with E-state index in [1.54, 1.807) is 30.1 Å². The Kier molecular flexibility index (Phi) is 6.04. The summed E-state index contributed by atoms with van der Waals surface area (Å²) in [5, 5.41) is 19.2. The van der Waals surface area contributed by atoms with Crippen LogP contribution in [0.2, 0.25) is 0 Å². The van der Waals surface area contributed by atoms with Crippen LogP contribution in [0.1, 0.15) is 12.5 Å². The molecule has 0 radical (unpaired) electrons. The van der Waals surface area contributed by atoms with Crippen molar-refractivity contribution in [2.24, 2.45) is 0 Å². The summed E-state index contributed by atoms with van der Waals surface area (Å²) in [6.45, 7) is 2.10. The Bertz CT molecular complexity index is 1190. The summed E-state index contributed by atoms with van der Waals surface area (Å²) in [4.78, 5) is 21.2. The maximum atomic E-state index is 12.3.